The number of hydrogen-bond donors (Lipinski definition) is 0. The Morgan fingerprint density at radius 3 is 2.37 bits per heavy atom. The van der Waals surface area contributed by atoms with E-state index in [9.17, 15) is 9.59 Å². The van der Waals surface area contributed by atoms with Gasteiger partial charge < -0.3 is 4.90 Å². The highest BCUT2D eigenvalue weighted by Gasteiger charge is 2.29. The molecule has 2 aromatic heterocycles. The van der Waals surface area contributed by atoms with E-state index >= 15 is 0 Å². The number of benzene rings is 3. The van der Waals surface area contributed by atoms with Gasteiger partial charge in [0.05, 0.1) is 34.2 Å². The van der Waals surface area contributed by atoms with Crippen LogP contribution in [0.15, 0.2) is 89.9 Å². The monoisotopic (exact) mass is 542 g/mol. The van der Waals surface area contributed by atoms with Crippen LogP contribution in [0.1, 0.15) is 32.7 Å². The van der Waals surface area contributed by atoms with E-state index in [-0.39, 0.29) is 18.0 Å². The van der Waals surface area contributed by atoms with Crippen molar-refractivity contribution in [1.29, 1.82) is 0 Å². The molecular weight excluding hydrogens is 519 g/mol. The zero-order valence-electron chi connectivity index (χ0n) is 20.5. The van der Waals surface area contributed by atoms with Crippen molar-refractivity contribution in [3.63, 3.8) is 0 Å². The molecule has 6 rings (SSSR count). The summed E-state index contributed by atoms with van der Waals surface area (Å²) in [5, 5.41) is 5.47. The predicted octanol–water partition coefficient (Wildman–Crippen LogP) is 5.78. The minimum absolute atomic E-state index is 0.0678. The van der Waals surface area contributed by atoms with Crippen LogP contribution in [0.2, 0.25) is 10.0 Å². The molecule has 38 heavy (non-hydrogen) atoms. The largest absolute Gasteiger partial charge is 0.332 e. The summed E-state index contributed by atoms with van der Waals surface area (Å²) >= 11 is 12.2. The highest BCUT2D eigenvalue weighted by molar-refractivity contribution is 6.42. The molecule has 5 aromatic rings. The zero-order chi connectivity index (χ0) is 26.2. The fourth-order valence-electron chi connectivity index (χ4n) is 5.12. The minimum Gasteiger partial charge on any atom is -0.332 e. The molecule has 1 amide bonds. The number of amides is 1. The second-order valence-electron chi connectivity index (χ2n) is 9.40. The molecule has 6 nitrogen and oxygen atoms in total. The number of para-hydroxylation sites is 1. The molecule has 0 atom stereocenters. The Labute approximate surface area is 229 Å². The highest BCUT2D eigenvalue weighted by atomic mass is 35.5. The SMILES string of the molecule is O=C(c1ccc(Cl)c(Cl)c1)N1CCc2c(n3ncc(CCc4ccccc4)c3n(-c3ccccc3)c2=O)C1. The Kier molecular flexibility index (Phi) is 6.52. The minimum atomic E-state index is -0.161. The summed E-state index contributed by atoms with van der Waals surface area (Å²) < 4.78 is 3.61. The van der Waals surface area contributed by atoms with Gasteiger partial charge in [0.2, 0.25) is 0 Å². The molecule has 0 fully saturated rings. The lowest BCUT2D eigenvalue weighted by Crippen LogP contribution is -2.41. The van der Waals surface area contributed by atoms with Crippen molar-refractivity contribution in [2.24, 2.45) is 0 Å². The first-order valence-corrected chi connectivity index (χ1v) is 13.2. The molecule has 0 radical (unpaired) electrons. The van der Waals surface area contributed by atoms with Gasteiger partial charge in [-0.1, -0.05) is 71.7 Å². The summed E-state index contributed by atoms with van der Waals surface area (Å²) in [7, 11) is 0. The number of hydrogen-bond acceptors (Lipinski definition) is 3. The van der Waals surface area contributed by atoms with E-state index in [1.165, 1.54) is 5.56 Å². The predicted molar refractivity (Wildman–Crippen MR) is 150 cm³/mol. The van der Waals surface area contributed by atoms with E-state index in [4.69, 9.17) is 28.3 Å². The van der Waals surface area contributed by atoms with Crippen molar-refractivity contribution >= 4 is 34.8 Å². The van der Waals surface area contributed by atoms with Gasteiger partial charge in [0.25, 0.3) is 11.5 Å². The average Bonchev–Trinajstić information content (AvgIpc) is 3.38. The Balaban J connectivity index is 1.44. The fourth-order valence-corrected chi connectivity index (χ4v) is 5.41. The Bertz CT molecular complexity index is 1710. The third-order valence-electron chi connectivity index (χ3n) is 7.06. The number of halogens is 2. The summed E-state index contributed by atoms with van der Waals surface area (Å²) in [6.07, 6.45) is 3.83. The van der Waals surface area contributed by atoms with E-state index in [1.54, 1.807) is 27.7 Å². The number of nitrogens with zero attached hydrogens (tertiary/aromatic N) is 4. The molecule has 0 saturated heterocycles. The Hall–Kier alpha value is -3.87. The van der Waals surface area contributed by atoms with Gasteiger partial charge in [0, 0.05) is 23.2 Å². The summed E-state index contributed by atoms with van der Waals surface area (Å²) in [6.45, 7) is 0.694. The van der Waals surface area contributed by atoms with Crippen LogP contribution in [0.3, 0.4) is 0 Å². The summed E-state index contributed by atoms with van der Waals surface area (Å²) in [5.74, 6) is -0.161. The molecule has 0 saturated carbocycles. The number of carbonyl (C=O) groups excluding carboxylic acids is 1. The van der Waals surface area contributed by atoms with Crippen molar-refractivity contribution in [3.05, 3.63) is 133 Å². The molecule has 0 unspecified atom stereocenters. The van der Waals surface area contributed by atoms with Gasteiger partial charge in [0.15, 0.2) is 0 Å². The van der Waals surface area contributed by atoms with Crippen LogP contribution in [0.5, 0.6) is 0 Å². The van der Waals surface area contributed by atoms with Crippen LogP contribution in [0.4, 0.5) is 0 Å². The van der Waals surface area contributed by atoms with Gasteiger partial charge >= 0.3 is 0 Å². The second kappa shape index (κ2) is 10.1. The third-order valence-corrected chi connectivity index (χ3v) is 7.80. The van der Waals surface area contributed by atoms with E-state index in [2.05, 4.69) is 12.1 Å². The highest BCUT2D eigenvalue weighted by Crippen LogP contribution is 2.27. The van der Waals surface area contributed by atoms with Crippen LogP contribution in [0.25, 0.3) is 11.3 Å². The number of carbonyl (C=O) groups is 1. The summed E-state index contributed by atoms with van der Waals surface area (Å²) in [4.78, 5) is 29.1. The average molecular weight is 543 g/mol. The van der Waals surface area contributed by atoms with Crippen molar-refractivity contribution in [2.45, 2.75) is 25.8 Å². The molecule has 0 bridgehead atoms. The number of rotatable bonds is 5. The zero-order valence-corrected chi connectivity index (χ0v) is 22.0. The maximum Gasteiger partial charge on any atom is 0.261 e. The van der Waals surface area contributed by atoms with Crippen molar-refractivity contribution < 1.29 is 4.79 Å². The maximum absolute atomic E-state index is 14.0. The maximum atomic E-state index is 14.0. The lowest BCUT2D eigenvalue weighted by molar-refractivity contribution is 0.0730. The molecule has 3 aromatic carbocycles. The van der Waals surface area contributed by atoms with Gasteiger partial charge in [-0.05, 0) is 55.2 Å². The lowest BCUT2D eigenvalue weighted by atomic mass is 10.0. The molecule has 8 heteroatoms. The van der Waals surface area contributed by atoms with E-state index < -0.39 is 0 Å². The molecule has 0 N–H and O–H groups in total. The molecular formula is C30H24Cl2N4O2. The quantitative estimate of drug-likeness (QED) is 0.283. The van der Waals surface area contributed by atoms with Gasteiger partial charge in [0.1, 0.15) is 5.65 Å². The standard InChI is InChI=1S/C30H24Cl2N4O2/c31-25-14-13-21(17-26(25)32)29(37)34-16-15-24-27(19-34)36-28(35(30(24)38)23-9-5-2-6-10-23)22(18-33-36)12-11-20-7-3-1-4-8-20/h1-10,13-14,17-18H,11-12,15-16,19H2. The number of aryl methyl sites for hydroxylation is 2. The van der Waals surface area contributed by atoms with Crippen LogP contribution in [-0.2, 0) is 25.8 Å². The first-order valence-electron chi connectivity index (χ1n) is 12.5. The first kappa shape index (κ1) is 24.5. The van der Waals surface area contributed by atoms with Crippen LogP contribution >= 0.6 is 23.2 Å². The molecule has 1 aliphatic heterocycles. The molecule has 0 aliphatic carbocycles. The van der Waals surface area contributed by atoms with Gasteiger partial charge in [-0.25, -0.2) is 4.52 Å². The third kappa shape index (κ3) is 4.40. The smallest absolute Gasteiger partial charge is 0.261 e. The molecule has 1 aliphatic rings. The van der Waals surface area contributed by atoms with Gasteiger partial charge in [-0.15, -0.1) is 0 Å². The van der Waals surface area contributed by atoms with Gasteiger partial charge in [-0.2, -0.15) is 5.10 Å². The van der Waals surface area contributed by atoms with Crippen molar-refractivity contribution in [3.8, 4) is 5.69 Å². The Morgan fingerprint density at radius 1 is 0.895 bits per heavy atom. The lowest BCUT2D eigenvalue weighted by Gasteiger charge is -2.29. The summed E-state index contributed by atoms with van der Waals surface area (Å²) in [5.41, 5.74) is 5.53. The number of aromatic nitrogens is 3. The van der Waals surface area contributed by atoms with Crippen molar-refractivity contribution in [1.82, 2.24) is 19.1 Å². The van der Waals surface area contributed by atoms with E-state index in [0.29, 0.717) is 34.1 Å². The van der Waals surface area contributed by atoms with Crippen LogP contribution in [-0.4, -0.2) is 31.5 Å². The Morgan fingerprint density at radius 2 is 1.63 bits per heavy atom. The molecule has 190 valence electrons. The van der Waals surface area contributed by atoms with Crippen LogP contribution in [0, 0.1) is 0 Å². The van der Waals surface area contributed by atoms with Crippen LogP contribution < -0.4 is 5.56 Å². The topological polar surface area (TPSA) is 59.6 Å². The summed E-state index contributed by atoms with van der Waals surface area (Å²) in [6, 6.07) is 24.8. The van der Waals surface area contributed by atoms with Gasteiger partial charge in [-0.3, -0.25) is 14.2 Å². The fraction of sp³-hybridized carbons (Fsp3) is 0.167. The number of fused-ring (bicyclic) bond motifs is 3. The molecule has 3 heterocycles. The van der Waals surface area contributed by atoms with E-state index in [1.807, 2.05) is 59.2 Å². The van der Waals surface area contributed by atoms with Crippen molar-refractivity contribution in [2.75, 3.05) is 6.54 Å². The second-order valence-corrected chi connectivity index (χ2v) is 10.2. The first-order chi connectivity index (χ1) is 18.5. The normalized spacial score (nSPS) is 13.1. The van der Waals surface area contributed by atoms with E-state index in [0.717, 1.165) is 35.4 Å². The molecule has 0 spiro atoms.